The van der Waals surface area contributed by atoms with Crippen molar-refractivity contribution < 1.29 is 14.3 Å². The predicted molar refractivity (Wildman–Crippen MR) is 107 cm³/mol. The highest BCUT2D eigenvalue weighted by Crippen LogP contribution is 2.26. The smallest absolute Gasteiger partial charge is 0.224 e. The van der Waals surface area contributed by atoms with E-state index in [2.05, 4.69) is 31.3 Å². The maximum atomic E-state index is 12.3. The second-order valence-electron chi connectivity index (χ2n) is 6.26. The van der Waals surface area contributed by atoms with Crippen LogP contribution in [0.5, 0.6) is 5.75 Å². The molecule has 0 aliphatic rings. The summed E-state index contributed by atoms with van der Waals surface area (Å²) in [4.78, 5) is 13.5. The zero-order chi connectivity index (χ0) is 18.9. The molecule has 2 rings (SSSR count). The summed E-state index contributed by atoms with van der Waals surface area (Å²) < 4.78 is 10.9. The van der Waals surface area contributed by atoms with Crippen LogP contribution in [0, 0.1) is 0 Å². The van der Waals surface area contributed by atoms with Crippen molar-refractivity contribution in [2.75, 3.05) is 20.8 Å². The van der Waals surface area contributed by atoms with Gasteiger partial charge in [-0.1, -0.05) is 44.2 Å². The molecular formula is C21H27NO3S. The molecule has 0 bridgehead atoms. The Labute approximate surface area is 160 Å². The first kappa shape index (κ1) is 20.3. The van der Waals surface area contributed by atoms with Crippen molar-refractivity contribution in [3.05, 3.63) is 59.7 Å². The number of benzene rings is 2. The maximum absolute atomic E-state index is 12.3. The van der Waals surface area contributed by atoms with Gasteiger partial charge in [0, 0.05) is 29.4 Å². The van der Waals surface area contributed by atoms with Gasteiger partial charge in [-0.2, -0.15) is 0 Å². The van der Waals surface area contributed by atoms with Crippen LogP contribution in [0.25, 0.3) is 0 Å². The van der Waals surface area contributed by atoms with Crippen molar-refractivity contribution in [3.63, 3.8) is 0 Å². The predicted octanol–water partition coefficient (Wildman–Crippen LogP) is 4.24. The van der Waals surface area contributed by atoms with Crippen LogP contribution in [-0.2, 0) is 16.0 Å². The summed E-state index contributed by atoms with van der Waals surface area (Å²) in [5.74, 6) is 0.734. The van der Waals surface area contributed by atoms with Gasteiger partial charge in [-0.15, -0.1) is 11.8 Å². The summed E-state index contributed by atoms with van der Waals surface area (Å²) in [6.45, 7) is 4.73. The van der Waals surface area contributed by atoms with Crippen LogP contribution < -0.4 is 10.1 Å². The van der Waals surface area contributed by atoms with Crippen molar-refractivity contribution in [1.82, 2.24) is 5.32 Å². The summed E-state index contributed by atoms with van der Waals surface area (Å²) in [5.41, 5.74) is 1.93. The molecule has 2 aromatic rings. The van der Waals surface area contributed by atoms with E-state index in [-0.39, 0.29) is 12.0 Å². The molecule has 0 spiro atoms. The molecule has 1 amide bonds. The van der Waals surface area contributed by atoms with Gasteiger partial charge in [-0.05, 0) is 23.8 Å². The molecule has 0 fully saturated rings. The first-order valence-corrected chi connectivity index (χ1v) is 9.59. The molecule has 1 N–H and O–H groups in total. The number of carbonyl (C=O) groups excluding carboxylic acids is 1. The number of carbonyl (C=O) groups is 1. The van der Waals surface area contributed by atoms with Crippen molar-refractivity contribution in [1.29, 1.82) is 0 Å². The van der Waals surface area contributed by atoms with Crippen molar-refractivity contribution >= 4 is 17.7 Å². The minimum Gasteiger partial charge on any atom is -0.496 e. The van der Waals surface area contributed by atoms with Gasteiger partial charge < -0.3 is 14.8 Å². The van der Waals surface area contributed by atoms with Crippen molar-refractivity contribution in [2.24, 2.45) is 0 Å². The number of ether oxygens (including phenoxy) is 2. The Balaban J connectivity index is 1.90. The molecule has 5 heteroatoms. The summed E-state index contributed by atoms with van der Waals surface area (Å²) >= 11 is 1.82. The first-order valence-electron chi connectivity index (χ1n) is 8.71. The summed E-state index contributed by atoms with van der Waals surface area (Å²) in [5, 5.41) is 3.50. The van der Waals surface area contributed by atoms with Crippen LogP contribution in [0.4, 0.5) is 0 Å². The van der Waals surface area contributed by atoms with Gasteiger partial charge in [-0.25, -0.2) is 0 Å². The number of amides is 1. The highest BCUT2D eigenvalue weighted by molar-refractivity contribution is 7.99. The molecule has 4 nitrogen and oxygen atoms in total. The van der Waals surface area contributed by atoms with E-state index in [4.69, 9.17) is 9.47 Å². The number of para-hydroxylation sites is 1. The van der Waals surface area contributed by atoms with E-state index in [0.29, 0.717) is 18.2 Å². The van der Waals surface area contributed by atoms with E-state index < -0.39 is 0 Å². The number of thioether (sulfide) groups is 1. The molecule has 0 saturated heterocycles. The van der Waals surface area contributed by atoms with Gasteiger partial charge in [0.2, 0.25) is 5.91 Å². The third kappa shape index (κ3) is 6.07. The minimum atomic E-state index is -0.250. The maximum Gasteiger partial charge on any atom is 0.224 e. The lowest BCUT2D eigenvalue weighted by Gasteiger charge is -2.19. The molecule has 0 aliphatic carbocycles. The molecule has 140 valence electrons. The fourth-order valence-corrected chi connectivity index (χ4v) is 3.50. The molecule has 1 atom stereocenters. The van der Waals surface area contributed by atoms with E-state index >= 15 is 0 Å². The molecule has 26 heavy (non-hydrogen) atoms. The van der Waals surface area contributed by atoms with Crippen LogP contribution in [-0.4, -0.2) is 31.9 Å². The highest BCUT2D eigenvalue weighted by Gasteiger charge is 2.16. The molecule has 0 heterocycles. The standard InChI is InChI=1S/C21H27NO3S/c1-15(2)26-17-11-9-16(10-12-17)13-21(23)22-14-20(25-4)18-7-5-6-8-19(18)24-3/h5-12,15,20H,13-14H2,1-4H3,(H,22,23). The second-order valence-corrected chi connectivity index (χ2v) is 7.91. The topological polar surface area (TPSA) is 47.6 Å². The highest BCUT2D eigenvalue weighted by atomic mass is 32.2. The van der Waals surface area contributed by atoms with Crippen LogP contribution in [0.3, 0.4) is 0 Å². The summed E-state index contributed by atoms with van der Waals surface area (Å²) in [6.07, 6.45) is 0.106. The molecule has 0 radical (unpaired) electrons. The molecule has 1 unspecified atom stereocenters. The zero-order valence-electron chi connectivity index (χ0n) is 15.8. The van der Waals surface area contributed by atoms with Crippen molar-refractivity contribution in [3.8, 4) is 5.75 Å². The largest absolute Gasteiger partial charge is 0.496 e. The van der Waals surface area contributed by atoms with Crippen LogP contribution >= 0.6 is 11.8 Å². The first-order chi connectivity index (χ1) is 12.5. The Morgan fingerprint density at radius 2 is 1.77 bits per heavy atom. The van der Waals surface area contributed by atoms with Crippen molar-refractivity contribution in [2.45, 2.75) is 36.5 Å². The van der Waals surface area contributed by atoms with E-state index in [1.54, 1.807) is 14.2 Å². The lowest BCUT2D eigenvalue weighted by atomic mass is 10.1. The Kier molecular flexibility index (Phi) is 8.01. The number of nitrogens with one attached hydrogen (secondary N) is 1. The molecule has 0 aliphatic heterocycles. The van der Waals surface area contributed by atoms with Gasteiger partial charge >= 0.3 is 0 Å². The van der Waals surface area contributed by atoms with Gasteiger partial charge in [0.25, 0.3) is 0 Å². The molecule has 0 aromatic heterocycles. The normalized spacial score (nSPS) is 12.0. The summed E-state index contributed by atoms with van der Waals surface area (Å²) in [6, 6.07) is 15.8. The zero-order valence-corrected chi connectivity index (χ0v) is 16.6. The van der Waals surface area contributed by atoms with E-state index in [1.165, 1.54) is 4.90 Å². The third-order valence-corrected chi connectivity index (χ3v) is 4.93. The van der Waals surface area contributed by atoms with E-state index in [9.17, 15) is 4.79 Å². The fourth-order valence-electron chi connectivity index (χ4n) is 2.67. The molecule has 2 aromatic carbocycles. The lowest BCUT2D eigenvalue weighted by Crippen LogP contribution is -2.30. The number of methoxy groups -OCH3 is 2. The van der Waals surface area contributed by atoms with Gasteiger partial charge in [0.15, 0.2) is 0 Å². The average Bonchev–Trinajstić information content (AvgIpc) is 2.64. The number of hydrogen-bond acceptors (Lipinski definition) is 4. The van der Waals surface area contributed by atoms with Crippen LogP contribution in [0.2, 0.25) is 0 Å². The number of rotatable bonds is 9. The second kappa shape index (κ2) is 10.2. The number of hydrogen-bond donors (Lipinski definition) is 1. The fraction of sp³-hybridized carbons (Fsp3) is 0.381. The Bertz CT molecular complexity index is 701. The quantitative estimate of drug-likeness (QED) is 0.668. The Hall–Kier alpha value is -1.98. The van der Waals surface area contributed by atoms with Crippen LogP contribution in [0.15, 0.2) is 53.4 Å². The van der Waals surface area contributed by atoms with Crippen LogP contribution in [0.1, 0.15) is 31.1 Å². The van der Waals surface area contributed by atoms with E-state index in [1.807, 2.05) is 48.2 Å². The molecular weight excluding hydrogens is 346 g/mol. The lowest BCUT2D eigenvalue weighted by molar-refractivity contribution is -0.121. The van der Waals surface area contributed by atoms with Gasteiger partial charge in [0.1, 0.15) is 11.9 Å². The SMILES string of the molecule is COc1ccccc1C(CNC(=O)Cc1ccc(SC(C)C)cc1)OC. The summed E-state index contributed by atoms with van der Waals surface area (Å²) in [7, 11) is 3.26. The van der Waals surface area contributed by atoms with Gasteiger partial charge in [-0.3, -0.25) is 4.79 Å². The Morgan fingerprint density at radius 3 is 2.38 bits per heavy atom. The molecule has 0 saturated carbocycles. The average molecular weight is 374 g/mol. The minimum absolute atomic E-state index is 0.0220. The Morgan fingerprint density at radius 1 is 1.08 bits per heavy atom. The monoisotopic (exact) mass is 373 g/mol. The third-order valence-electron chi connectivity index (χ3n) is 3.91. The van der Waals surface area contributed by atoms with E-state index in [0.717, 1.165) is 16.9 Å². The van der Waals surface area contributed by atoms with Gasteiger partial charge in [0.05, 0.1) is 13.5 Å².